The summed E-state index contributed by atoms with van der Waals surface area (Å²) >= 11 is 0. The van der Waals surface area contributed by atoms with Crippen molar-refractivity contribution in [3.8, 4) is 5.75 Å². The molecule has 0 bridgehead atoms. The molecular weight excluding hydrogens is 218 g/mol. The monoisotopic (exact) mass is 237 g/mol. The van der Waals surface area contributed by atoms with Crippen molar-refractivity contribution in [3.63, 3.8) is 0 Å². The van der Waals surface area contributed by atoms with Crippen LogP contribution in [0.5, 0.6) is 5.75 Å². The largest absolute Gasteiger partial charge is 0.495 e. The van der Waals surface area contributed by atoms with Crippen LogP contribution in [0.15, 0.2) is 24.3 Å². The molecule has 0 spiro atoms. The summed E-state index contributed by atoms with van der Waals surface area (Å²) in [5.41, 5.74) is -0.267. The molecule has 0 amide bonds. The first-order valence-corrected chi connectivity index (χ1v) is 5.68. The van der Waals surface area contributed by atoms with E-state index in [1.54, 1.807) is 20.1 Å². The van der Waals surface area contributed by atoms with E-state index in [4.69, 9.17) is 4.74 Å². The molecule has 0 radical (unpaired) electrons. The van der Waals surface area contributed by atoms with Crippen LogP contribution in [-0.4, -0.2) is 23.7 Å². The van der Waals surface area contributed by atoms with Gasteiger partial charge in [-0.25, -0.2) is 4.79 Å². The van der Waals surface area contributed by atoms with E-state index in [-0.39, 0.29) is 0 Å². The number of hydrogen-bond acceptors (Lipinski definition) is 3. The number of hydrogen-bond donors (Lipinski definition) is 2. The minimum Gasteiger partial charge on any atom is -0.495 e. The van der Waals surface area contributed by atoms with Crippen LogP contribution in [0, 0.1) is 0 Å². The summed E-state index contributed by atoms with van der Waals surface area (Å²) in [7, 11) is 1.57. The lowest BCUT2D eigenvalue weighted by Crippen LogP contribution is -2.43. The number of rotatable bonds is 6. The molecule has 1 aromatic carbocycles. The third-order valence-corrected chi connectivity index (χ3v) is 2.74. The minimum atomic E-state index is -0.969. The average Bonchev–Trinajstić information content (AvgIpc) is 2.30. The summed E-state index contributed by atoms with van der Waals surface area (Å²) in [5, 5.41) is 12.3. The van der Waals surface area contributed by atoms with Crippen LogP contribution in [0.2, 0.25) is 0 Å². The predicted molar refractivity (Wildman–Crippen MR) is 67.6 cm³/mol. The van der Waals surface area contributed by atoms with Crippen molar-refractivity contribution in [2.24, 2.45) is 0 Å². The van der Waals surface area contributed by atoms with E-state index >= 15 is 0 Å². The molecule has 0 fully saturated rings. The highest BCUT2D eigenvalue weighted by Crippen LogP contribution is 2.28. The summed E-state index contributed by atoms with van der Waals surface area (Å²) in [6, 6.07) is 7.31. The molecule has 0 aromatic heterocycles. The number of ether oxygens (including phenoxy) is 1. The van der Waals surface area contributed by atoms with Crippen LogP contribution >= 0.6 is 0 Å². The second-order valence-corrected chi connectivity index (χ2v) is 4.21. The molecule has 94 valence electrons. The number of aliphatic carboxylic acids is 1. The van der Waals surface area contributed by atoms with Gasteiger partial charge in [0.15, 0.2) is 0 Å². The molecule has 0 aliphatic carbocycles. The fourth-order valence-electron chi connectivity index (χ4n) is 1.77. The lowest BCUT2D eigenvalue weighted by Gasteiger charge is -2.27. The molecule has 1 unspecified atom stereocenters. The SMILES string of the molecule is CCCC(C)(Nc1ccccc1OC)C(=O)O. The highest BCUT2D eigenvalue weighted by Gasteiger charge is 2.32. The van der Waals surface area contributed by atoms with Crippen molar-refractivity contribution >= 4 is 11.7 Å². The molecule has 4 nitrogen and oxygen atoms in total. The fraction of sp³-hybridized carbons (Fsp3) is 0.462. The number of methoxy groups -OCH3 is 1. The minimum absolute atomic E-state index is 0.556. The molecule has 0 aliphatic rings. The van der Waals surface area contributed by atoms with Gasteiger partial charge in [-0.2, -0.15) is 0 Å². The van der Waals surface area contributed by atoms with Crippen molar-refractivity contribution in [3.05, 3.63) is 24.3 Å². The lowest BCUT2D eigenvalue weighted by molar-refractivity contribution is -0.141. The molecule has 4 heteroatoms. The summed E-state index contributed by atoms with van der Waals surface area (Å²) in [5.74, 6) is -0.207. The average molecular weight is 237 g/mol. The Kier molecular flexibility index (Phi) is 4.37. The van der Waals surface area contributed by atoms with Crippen LogP contribution in [0.3, 0.4) is 0 Å². The Morgan fingerprint density at radius 2 is 2.12 bits per heavy atom. The van der Waals surface area contributed by atoms with E-state index in [2.05, 4.69) is 5.32 Å². The van der Waals surface area contributed by atoms with Gasteiger partial charge < -0.3 is 15.2 Å². The molecule has 1 atom stereocenters. The summed E-state index contributed by atoms with van der Waals surface area (Å²) in [4.78, 5) is 11.3. The van der Waals surface area contributed by atoms with Crippen LogP contribution < -0.4 is 10.1 Å². The van der Waals surface area contributed by atoms with Gasteiger partial charge in [0, 0.05) is 0 Å². The van der Waals surface area contributed by atoms with Gasteiger partial charge in [-0.3, -0.25) is 0 Å². The van der Waals surface area contributed by atoms with Crippen LogP contribution in [0.4, 0.5) is 5.69 Å². The Bertz CT molecular complexity index is 392. The number of para-hydroxylation sites is 2. The number of carboxylic acids is 1. The van der Waals surface area contributed by atoms with Crippen molar-refractivity contribution in [1.29, 1.82) is 0 Å². The number of carboxylic acid groups (broad SMARTS) is 1. The Labute approximate surface area is 102 Å². The smallest absolute Gasteiger partial charge is 0.329 e. The number of nitrogens with one attached hydrogen (secondary N) is 1. The van der Waals surface area contributed by atoms with Crippen molar-refractivity contribution in [2.45, 2.75) is 32.2 Å². The topological polar surface area (TPSA) is 58.6 Å². The zero-order valence-electron chi connectivity index (χ0n) is 10.5. The maximum atomic E-state index is 11.3. The Morgan fingerprint density at radius 3 is 2.65 bits per heavy atom. The van der Waals surface area contributed by atoms with Crippen molar-refractivity contribution in [2.75, 3.05) is 12.4 Å². The van der Waals surface area contributed by atoms with Crippen molar-refractivity contribution < 1.29 is 14.6 Å². The fourth-order valence-corrected chi connectivity index (χ4v) is 1.77. The number of carbonyl (C=O) groups is 1. The molecule has 2 N–H and O–H groups in total. The third-order valence-electron chi connectivity index (χ3n) is 2.74. The van der Waals surface area contributed by atoms with Crippen LogP contribution in [0.25, 0.3) is 0 Å². The van der Waals surface area contributed by atoms with E-state index in [0.29, 0.717) is 17.9 Å². The summed E-state index contributed by atoms with van der Waals surface area (Å²) in [6.07, 6.45) is 1.35. The van der Waals surface area contributed by atoms with Crippen molar-refractivity contribution in [1.82, 2.24) is 0 Å². The summed E-state index contributed by atoms with van der Waals surface area (Å²) in [6.45, 7) is 3.65. The zero-order valence-corrected chi connectivity index (χ0v) is 10.5. The van der Waals surface area contributed by atoms with Gasteiger partial charge in [0.25, 0.3) is 0 Å². The van der Waals surface area contributed by atoms with E-state index < -0.39 is 11.5 Å². The van der Waals surface area contributed by atoms with Gasteiger partial charge in [-0.15, -0.1) is 0 Å². The van der Waals surface area contributed by atoms with Gasteiger partial charge >= 0.3 is 5.97 Å². The molecule has 0 aliphatic heterocycles. The molecular formula is C13H19NO3. The van der Waals surface area contributed by atoms with Gasteiger partial charge in [-0.1, -0.05) is 25.5 Å². The van der Waals surface area contributed by atoms with Gasteiger partial charge in [0.1, 0.15) is 11.3 Å². The highest BCUT2D eigenvalue weighted by molar-refractivity contribution is 5.83. The predicted octanol–water partition coefficient (Wildman–Crippen LogP) is 2.75. The quantitative estimate of drug-likeness (QED) is 0.798. The lowest BCUT2D eigenvalue weighted by atomic mass is 9.96. The standard InChI is InChI=1S/C13H19NO3/c1-4-9-13(2,12(15)16)14-10-7-5-6-8-11(10)17-3/h5-8,14H,4,9H2,1-3H3,(H,15,16). The number of benzene rings is 1. The summed E-state index contributed by atoms with van der Waals surface area (Å²) < 4.78 is 5.19. The molecule has 0 saturated carbocycles. The van der Waals surface area contributed by atoms with E-state index in [1.807, 2.05) is 25.1 Å². The molecule has 0 saturated heterocycles. The zero-order chi connectivity index (χ0) is 12.9. The second kappa shape index (κ2) is 5.57. The molecule has 1 rings (SSSR count). The second-order valence-electron chi connectivity index (χ2n) is 4.21. The normalized spacial score (nSPS) is 13.8. The van der Waals surface area contributed by atoms with Crippen LogP contribution in [-0.2, 0) is 4.79 Å². The Morgan fingerprint density at radius 1 is 1.47 bits per heavy atom. The van der Waals surface area contributed by atoms with E-state index in [0.717, 1.165) is 6.42 Å². The van der Waals surface area contributed by atoms with E-state index in [9.17, 15) is 9.90 Å². The maximum absolute atomic E-state index is 11.3. The first kappa shape index (κ1) is 13.4. The Balaban J connectivity index is 2.97. The molecule has 17 heavy (non-hydrogen) atoms. The van der Waals surface area contributed by atoms with Gasteiger partial charge in [0.05, 0.1) is 12.8 Å². The molecule has 0 heterocycles. The first-order chi connectivity index (χ1) is 8.03. The van der Waals surface area contributed by atoms with Gasteiger partial charge in [0.2, 0.25) is 0 Å². The highest BCUT2D eigenvalue weighted by atomic mass is 16.5. The Hall–Kier alpha value is -1.71. The maximum Gasteiger partial charge on any atom is 0.329 e. The van der Waals surface area contributed by atoms with Gasteiger partial charge in [-0.05, 0) is 25.5 Å². The number of anilines is 1. The first-order valence-electron chi connectivity index (χ1n) is 5.68. The third kappa shape index (κ3) is 3.12. The van der Waals surface area contributed by atoms with Crippen LogP contribution in [0.1, 0.15) is 26.7 Å². The van der Waals surface area contributed by atoms with E-state index in [1.165, 1.54) is 0 Å². The molecule has 1 aromatic rings.